The summed E-state index contributed by atoms with van der Waals surface area (Å²) in [5.41, 5.74) is 2.13. The van der Waals surface area contributed by atoms with Gasteiger partial charge < -0.3 is 5.32 Å². The van der Waals surface area contributed by atoms with Crippen molar-refractivity contribution in [3.63, 3.8) is 0 Å². The maximum Gasteiger partial charge on any atom is 0.223 e. The Bertz CT molecular complexity index is 294. The molecule has 0 aliphatic rings. The average Bonchev–Trinajstić information content (AvgIpc) is 2.14. The number of hydrogen-bond acceptors (Lipinski definition) is 3. The maximum atomic E-state index is 4.22. The first-order valence-corrected chi connectivity index (χ1v) is 4.42. The first-order chi connectivity index (χ1) is 6.22. The molecule has 0 bridgehead atoms. The molecule has 0 spiro atoms. The van der Waals surface area contributed by atoms with E-state index in [-0.39, 0.29) is 0 Å². The maximum absolute atomic E-state index is 4.22. The van der Waals surface area contributed by atoms with Gasteiger partial charge in [0.25, 0.3) is 0 Å². The molecule has 1 aromatic heterocycles. The number of nitrogens with zero attached hydrogens (tertiary/aromatic N) is 2. The molecular formula is C10H15N3. The zero-order chi connectivity index (χ0) is 9.68. The van der Waals surface area contributed by atoms with Gasteiger partial charge in [-0.2, -0.15) is 0 Å². The van der Waals surface area contributed by atoms with Crippen LogP contribution >= 0.6 is 0 Å². The predicted octanol–water partition coefficient (Wildman–Crippen LogP) is 2.16. The molecule has 13 heavy (non-hydrogen) atoms. The fraction of sp³-hybridized carbons (Fsp3) is 0.400. The number of nitrogens with one attached hydrogen (secondary N) is 1. The van der Waals surface area contributed by atoms with E-state index in [1.807, 2.05) is 13.0 Å². The van der Waals surface area contributed by atoms with E-state index < -0.39 is 0 Å². The van der Waals surface area contributed by atoms with Crippen molar-refractivity contribution in [2.75, 3.05) is 11.9 Å². The van der Waals surface area contributed by atoms with Gasteiger partial charge in [0.1, 0.15) is 0 Å². The number of aromatic nitrogens is 2. The third-order valence-corrected chi connectivity index (χ3v) is 1.79. The molecule has 0 fully saturated rings. The highest BCUT2D eigenvalue weighted by Crippen LogP contribution is 2.01. The van der Waals surface area contributed by atoms with Gasteiger partial charge in [0.15, 0.2) is 0 Å². The summed E-state index contributed by atoms with van der Waals surface area (Å²) in [4.78, 5) is 8.30. The highest BCUT2D eigenvalue weighted by atomic mass is 15.1. The van der Waals surface area contributed by atoms with Crippen molar-refractivity contribution in [1.29, 1.82) is 0 Å². The summed E-state index contributed by atoms with van der Waals surface area (Å²) >= 11 is 0. The van der Waals surface area contributed by atoms with Crippen LogP contribution in [-0.4, -0.2) is 16.5 Å². The summed E-state index contributed by atoms with van der Waals surface area (Å²) in [7, 11) is 0. The van der Waals surface area contributed by atoms with Gasteiger partial charge in [0.05, 0.1) is 0 Å². The van der Waals surface area contributed by atoms with E-state index in [9.17, 15) is 0 Å². The van der Waals surface area contributed by atoms with E-state index in [0.29, 0.717) is 5.95 Å². The molecule has 1 heterocycles. The van der Waals surface area contributed by atoms with Gasteiger partial charge in [-0.1, -0.05) is 19.1 Å². The number of rotatable bonds is 4. The van der Waals surface area contributed by atoms with Crippen LogP contribution in [0.25, 0.3) is 0 Å². The standard InChI is InChI=1S/C10H15N3/c1-4-8(2)7-12-10-11-6-5-9(3)13-10/h5-6H,2,4,7H2,1,3H3,(H,11,12,13). The van der Waals surface area contributed by atoms with Crippen molar-refractivity contribution < 1.29 is 0 Å². The van der Waals surface area contributed by atoms with E-state index in [1.54, 1.807) is 6.20 Å². The Morgan fingerprint density at radius 1 is 1.62 bits per heavy atom. The molecule has 3 nitrogen and oxygen atoms in total. The molecule has 0 amide bonds. The second-order valence-corrected chi connectivity index (χ2v) is 2.98. The average molecular weight is 177 g/mol. The normalized spacial score (nSPS) is 9.69. The summed E-state index contributed by atoms with van der Waals surface area (Å²) in [5, 5.41) is 3.11. The van der Waals surface area contributed by atoms with Crippen LogP contribution in [0.3, 0.4) is 0 Å². The molecule has 1 rings (SSSR count). The predicted molar refractivity (Wildman–Crippen MR) is 54.7 cm³/mol. The minimum absolute atomic E-state index is 0.676. The Balaban J connectivity index is 2.50. The Labute approximate surface area is 78.9 Å². The van der Waals surface area contributed by atoms with Crippen LogP contribution in [0.2, 0.25) is 0 Å². The van der Waals surface area contributed by atoms with E-state index >= 15 is 0 Å². The summed E-state index contributed by atoms with van der Waals surface area (Å²) in [6.45, 7) is 8.67. The molecule has 0 saturated heterocycles. The second kappa shape index (κ2) is 4.60. The van der Waals surface area contributed by atoms with Crippen LogP contribution in [0, 0.1) is 6.92 Å². The zero-order valence-electron chi connectivity index (χ0n) is 8.17. The largest absolute Gasteiger partial charge is 0.350 e. The lowest BCUT2D eigenvalue weighted by atomic mass is 10.2. The molecule has 1 aromatic rings. The van der Waals surface area contributed by atoms with Gasteiger partial charge in [0, 0.05) is 18.4 Å². The smallest absolute Gasteiger partial charge is 0.223 e. The van der Waals surface area contributed by atoms with Crippen molar-refractivity contribution >= 4 is 5.95 Å². The molecule has 3 heteroatoms. The molecular weight excluding hydrogens is 162 g/mol. The van der Waals surface area contributed by atoms with Gasteiger partial charge in [0.2, 0.25) is 5.95 Å². The van der Waals surface area contributed by atoms with E-state index in [0.717, 1.165) is 24.2 Å². The Hall–Kier alpha value is -1.38. The SMILES string of the molecule is C=C(CC)CNc1nccc(C)n1. The van der Waals surface area contributed by atoms with Gasteiger partial charge in [-0.3, -0.25) is 0 Å². The van der Waals surface area contributed by atoms with Crippen molar-refractivity contribution in [3.05, 3.63) is 30.1 Å². The number of anilines is 1. The Kier molecular flexibility index (Phi) is 3.43. The van der Waals surface area contributed by atoms with Gasteiger partial charge in [-0.25, -0.2) is 9.97 Å². The van der Waals surface area contributed by atoms with Crippen LogP contribution in [0.4, 0.5) is 5.95 Å². The molecule has 0 unspecified atom stereocenters. The fourth-order valence-electron chi connectivity index (χ4n) is 0.863. The second-order valence-electron chi connectivity index (χ2n) is 2.98. The molecule has 70 valence electrons. The minimum Gasteiger partial charge on any atom is -0.350 e. The minimum atomic E-state index is 0.676. The molecule has 0 aromatic carbocycles. The van der Waals surface area contributed by atoms with E-state index in [2.05, 4.69) is 28.8 Å². The van der Waals surface area contributed by atoms with Gasteiger partial charge in [-0.05, 0) is 19.4 Å². The lowest BCUT2D eigenvalue weighted by Crippen LogP contribution is -2.06. The third kappa shape index (κ3) is 3.23. The highest BCUT2D eigenvalue weighted by Gasteiger charge is 1.95. The lowest BCUT2D eigenvalue weighted by Gasteiger charge is -2.05. The third-order valence-electron chi connectivity index (χ3n) is 1.79. The first kappa shape index (κ1) is 9.71. The summed E-state index contributed by atoms with van der Waals surface area (Å²) in [6, 6.07) is 1.87. The van der Waals surface area contributed by atoms with Crippen molar-refractivity contribution in [1.82, 2.24) is 9.97 Å². The first-order valence-electron chi connectivity index (χ1n) is 4.42. The van der Waals surface area contributed by atoms with Crippen LogP contribution in [0.1, 0.15) is 19.0 Å². The molecule has 1 N–H and O–H groups in total. The monoisotopic (exact) mass is 177 g/mol. The highest BCUT2D eigenvalue weighted by molar-refractivity contribution is 5.27. The number of hydrogen-bond donors (Lipinski definition) is 1. The zero-order valence-corrected chi connectivity index (χ0v) is 8.17. The van der Waals surface area contributed by atoms with Crippen molar-refractivity contribution in [2.45, 2.75) is 20.3 Å². The summed E-state index contributed by atoms with van der Waals surface area (Å²) < 4.78 is 0. The van der Waals surface area contributed by atoms with Crippen molar-refractivity contribution in [3.8, 4) is 0 Å². The topological polar surface area (TPSA) is 37.8 Å². The summed E-state index contributed by atoms with van der Waals surface area (Å²) in [6.07, 6.45) is 2.73. The summed E-state index contributed by atoms with van der Waals surface area (Å²) in [5.74, 6) is 0.676. The van der Waals surface area contributed by atoms with Crippen molar-refractivity contribution in [2.24, 2.45) is 0 Å². The van der Waals surface area contributed by atoms with Crippen LogP contribution in [0.15, 0.2) is 24.4 Å². The van der Waals surface area contributed by atoms with Gasteiger partial charge in [-0.15, -0.1) is 0 Å². The van der Waals surface area contributed by atoms with Crippen LogP contribution in [-0.2, 0) is 0 Å². The fourth-order valence-corrected chi connectivity index (χ4v) is 0.863. The Morgan fingerprint density at radius 2 is 2.38 bits per heavy atom. The quantitative estimate of drug-likeness (QED) is 0.716. The molecule has 0 atom stereocenters. The Morgan fingerprint density at radius 3 is 3.00 bits per heavy atom. The molecule has 0 aliphatic heterocycles. The van der Waals surface area contributed by atoms with Crippen LogP contribution in [0.5, 0.6) is 0 Å². The van der Waals surface area contributed by atoms with Crippen LogP contribution < -0.4 is 5.32 Å². The van der Waals surface area contributed by atoms with E-state index in [1.165, 1.54) is 0 Å². The van der Waals surface area contributed by atoms with Gasteiger partial charge >= 0.3 is 0 Å². The molecule has 0 aliphatic carbocycles. The number of aryl methyl sites for hydroxylation is 1. The lowest BCUT2D eigenvalue weighted by molar-refractivity contribution is 1.01. The molecule has 0 radical (unpaired) electrons. The molecule has 0 saturated carbocycles. The van der Waals surface area contributed by atoms with E-state index in [4.69, 9.17) is 0 Å².